The number of aromatic nitrogens is 3. The van der Waals surface area contributed by atoms with E-state index in [9.17, 15) is 5.11 Å². The number of piperidine rings is 1. The first-order chi connectivity index (χ1) is 18.4. The van der Waals surface area contributed by atoms with Crippen molar-refractivity contribution in [3.8, 4) is 22.8 Å². The molecule has 2 atom stereocenters. The molecule has 0 spiro atoms. The Kier molecular flexibility index (Phi) is 5.95. The van der Waals surface area contributed by atoms with Gasteiger partial charge in [-0.05, 0) is 67.6 Å². The lowest BCUT2D eigenvalue weighted by Gasteiger charge is -2.18. The smallest absolute Gasteiger partial charge is 0.213 e. The van der Waals surface area contributed by atoms with Gasteiger partial charge in [0.2, 0.25) is 5.88 Å². The third-order valence-electron chi connectivity index (χ3n) is 8.05. The van der Waals surface area contributed by atoms with Gasteiger partial charge in [-0.25, -0.2) is 14.5 Å². The Morgan fingerprint density at radius 3 is 2.89 bits per heavy atom. The fraction of sp³-hybridized carbons (Fsp3) is 0.345. The van der Waals surface area contributed by atoms with Crippen LogP contribution in [-0.2, 0) is 6.42 Å². The van der Waals surface area contributed by atoms with Crippen LogP contribution >= 0.6 is 0 Å². The molecule has 0 bridgehead atoms. The number of pyridine rings is 1. The molecule has 3 aromatic heterocycles. The zero-order valence-corrected chi connectivity index (χ0v) is 22.0. The predicted molar refractivity (Wildman–Crippen MR) is 149 cm³/mol. The summed E-state index contributed by atoms with van der Waals surface area (Å²) in [5, 5.41) is 21.9. The number of hydrogen-bond acceptors (Lipinski definition) is 7. The molecule has 9 heteroatoms. The number of methoxy groups -OCH3 is 1. The number of aliphatic imine (C=N–C) groups is 1. The maximum atomic E-state index is 9.91. The van der Waals surface area contributed by atoms with E-state index in [0.29, 0.717) is 17.1 Å². The van der Waals surface area contributed by atoms with Crippen LogP contribution < -0.4 is 21.1 Å². The number of aryl methyl sites for hydroxylation is 2. The van der Waals surface area contributed by atoms with Crippen molar-refractivity contribution < 1.29 is 9.84 Å². The van der Waals surface area contributed by atoms with Crippen LogP contribution in [0.3, 0.4) is 0 Å². The highest BCUT2D eigenvalue weighted by atomic mass is 16.5. The van der Waals surface area contributed by atoms with Gasteiger partial charge in [0.15, 0.2) is 0 Å². The molecule has 0 amide bonds. The van der Waals surface area contributed by atoms with Gasteiger partial charge in [0.05, 0.1) is 35.8 Å². The normalized spacial score (nSPS) is 20.5. The molecule has 9 nitrogen and oxygen atoms in total. The number of nitrogens with two attached hydrogens (primary N) is 1. The minimum atomic E-state index is 0.220. The van der Waals surface area contributed by atoms with E-state index >= 15 is 0 Å². The van der Waals surface area contributed by atoms with Crippen LogP contribution in [0.25, 0.3) is 16.6 Å². The second-order valence-electron chi connectivity index (χ2n) is 10.4. The number of benzene rings is 1. The summed E-state index contributed by atoms with van der Waals surface area (Å²) in [5.74, 6) is 1.91. The average Bonchev–Trinajstić information content (AvgIpc) is 3.22. The topological polar surface area (TPSA) is 122 Å². The number of hydrogen-bond donors (Lipinski definition) is 4. The zero-order chi connectivity index (χ0) is 26.4. The Labute approximate surface area is 221 Å². The molecule has 4 aromatic rings. The van der Waals surface area contributed by atoms with Crippen molar-refractivity contribution in [2.24, 2.45) is 22.1 Å². The first-order valence-corrected chi connectivity index (χ1v) is 13.0. The van der Waals surface area contributed by atoms with Gasteiger partial charge in [-0.1, -0.05) is 6.92 Å². The van der Waals surface area contributed by atoms with Gasteiger partial charge in [-0.15, -0.1) is 0 Å². The standard InChI is InChI=1S/C29H33N7O2/c1-4-18-8-21(37)5-6-24(18)35-28(30)23-13-34-36-14-19(22-12-32-26(38-3)7-17(22)2)9-25(36)27(23)33-16-29-10-20(29)11-31-15-29/h5-9,12-14,20,31,33,37H,4,10-11,15-16H2,1-3H3,(H2,30,35)/t20-,29?/m1/s1. The summed E-state index contributed by atoms with van der Waals surface area (Å²) in [6.07, 6.45) is 7.60. The van der Waals surface area contributed by atoms with Crippen molar-refractivity contribution in [1.82, 2.24) is 19.9 Å². The molecular weight excluding hydrogens is 478 g/mol. The second kappa shape index (κ2) is 9.33. The quantitative estimate of drug-likeness (QED) is 0.208. The van der Waals surface area contributed by atoms with Crippen molar-refractivity contribution in [3.63, 3.8) is 0 Å². The first kappa shape index (κ1) is 24.2. The van der Waals surface area contributed by atoms with Gasteiger partial charge in [0.1, 0.15) is 11.6 Å². The molecule has 38 heavy (non-hydrogen) atoms. The van der Waals surface area contributed by atoms with E-state index in [4.69, 9.17) is 20.6 Å². The van der Waals surface area contributed by atoms with Crippen LogP contribution in [0.2, 0.25) is 0 Å². The van der Waals surface area contributed by atoms with Gasteiger partial charge in [0, 0.05) is 48.1 Å². The molecule has 1 saturated heterocycles. The van der Waals surface area contributed by atoms with E-state index in [1.165, 1.54) is 6.42 Å². The molecule has 2 aliphatic rings. The van der Waals surface area contributed by atoms with Crippen molar-refractivity contribution >= 4 is 22.7 Å². The molecule has 0 radical (unpaired) electrons. The maximum absolute atomic E-state index is 9.91. The lowest BCUT2D eigenvalue weighted by Crippen LogP contribution is -2.25. The van der Waals surface area contributed by atoms with Crippen molar-refractivity contribution in [2.45, 2.75) is 26.7 Å². The summed E-state index contributed by atoms with van der Waals surface area (Å²) in [4.78, 5) is 9.19. The second-order valence-corrected chi connectivity index (χ2v) is 10.4. The van der Waals surface area contributed by atoms with Crippen LogP contribution in [0.5, 0.6) is 11.6 Å². The van der Waals surface area contributed by atoms with Gasteiger partial charge in [-0.2, -0.15) is 5.10 Å². The molecule has 1 saturated carbocycles. The van der Waals surface area contributed by atoms with Crippen LogP contribution in [0.1, 0.15) is 30.0 Å². The summed E-state index contributed by atoms with van der Waals surface area (Å²) in [5.41, 5.74) is 14.3. The molecule has 2 fully saturated rings. The summed E-state index contributed by atoms with van der Waals surface area (Å²) >= 11 is 0. The molecule has 5 N–H and O–H groups in total. The summed E-state index contributed by atoms with van der Waals surface area (Å²) in [6, 6.07) is 9.22. The molecule has 1 aliphatic heterocycles. The number of phenolic OH excluding ortho intramolecular Hbond substituents is 1. The number of nitrogens with one attached hydrogen (secondary N) is 2. The molecule has 4 heterocycles. The van der Waals surface area contributed by atoms with Gasteiger partial charge < -0.3 is 26.2 Å². The Hall–Kier alpha value is -4.11. The number of amidine groups is 1. The summed E-state index contributed by atoms with van der Waals surface area (Å²) in [7, 11) is 1.62. The Balaban J connectivity index is 1.44. The van der Waals surface area contributed by atoms with E-state index in [0.717, 1.165) is 76.7 Å². The molecule has 1 aliphatic carbocycles. The van der Waals surface area contributed by atoms with Crippen molar-refractivity contribution in [2.75, 3.05) is 32.1 Å². The molecule has 1 unspecified atom stereocenters. The number of ether oxygens (including phenoxy) is 1. The fourth-order valence-electron chi connectivity index (χ4n) is 5.66. The van der Waals surface area contributed by atoms with E-state index in [-0.39, 0.29) is 5.75 Å². The third kappa shape index (κ3) is 4.22. The van der Waals surface area contributed by atoms with E-state index in [1.54, 1.807) is 31.5 Å². The Morgan fingerprint density at radius 2 is 2.18 bits per heavy atom. The summed E-state index contributed by atoms with van der Waals surface area (Å²) in [6.45, 7) is 7.05. The van der Waals surface area contributed by atoms with Crippen LogP contribution in [0.15, 0.2) is 53.9 Å². The highest BCUT2D eigenvalue weighted by Gasteiger charge is 2.56. The number of anilines is 1. The number of aromatic hydroxyl groups is 1. The molecule has 196 valence electrons. The summed E-state index contributed by atoms with van der Waals surface area (Å²) < 4.78 is 7.17. The number of nitrogens with zero attached hydrogens (tertiary/aromatic N) is 4. The Bertz CT molecular complexity index is 1560. The molecule has 6 rings (SSSR count). The third-order valence-corrected chi connectivity index (χ3v) is 8.05. The monoisotopic (exact) mass is 511 g/mol. The SMILES string of the molecule is CCc1cc(O)ccc1N=C(N)c1cnn2cc(-c3cnc(OC)cc3C)cc2c1NCC12CNC[C@H]1C2. The zero-order valence-electron chi connectivity index (χ0n) is 22.0. The minimum absolute atomic E-state index is 0.220. The van der Waals surface area contributed by atoms with Crippen LogP contribution in [0.4, 0.5) is 11.4 Å². The first-order valence-electron chi connectivity index (χ1n) is 13.0. The van der Waals surface area contributed by atoms with E-state index in [1.807, 2.05) is 36.8 Å². The van der Waals surface area contributed by atoms with Crippen molar-refractivity contribution in [3.05, 3.63) is 65.6 Å². The number of rotatable bonds is 8. The minimum Gasteiger partial charge on any atom is -0.508 e. The molecule has 1 aromatic carbocycles. The maximum Gasteiger partial charge on any atom is 0.213 e. The van der Waals surface area contributed by atoms with E-state index in [2.05, 4.69) is 21.7 Å². The number of fused-ring (bicyclic) bond motifs is 2. The lowest BCUT2D eigenvalue weighted by atomic mass is 10.0. The van der Waals surface area contributed by atoms with E-state index < -0.39 is 0 Å². The van der Waals surface area contributed by atoms with Gasteiger partial charge >= 0.3 is 0 Å². The van der Waals surface area contributed by atoms with Crippen LogP contribution in [-0.4, -0.2) is 52.3 Å². The van der Waals surface area contributed by atoms with Crippen molar-refractivity contribution in [1.29, 1.82) is 0 Å². The average molecular weight is 512 g/mol. The predicted octanol–water partition coefficient (Wildman–Crippen LogP) is 4.04. The lowest BCUT2D eigenvalue weighted by molar-refractivity contribution is 0.397. The van der Waals surface area contributed by atoms with Gasteiger partial charge in [0.25, 0.3) is 0 Å². The van der Waals surface area contributed by atoms with Gasteiger partial charge in [-0.3, -0.25) is 0 Å². The number of phenols is 1. The van der Waals surface area contributed by atoms with Crippen LogP contribution in [0, 0.1) is 18.3 Å². The Morgan fingerprint density at radius 1 is 1.32 bits per heavy atom. The largest absolute Gasteiger partial charge is 0.508 e. The highest BCUT2D eigenvalue weighted by Crippen LogP contribution is 2.54. The fourth-order valence-corrected chi connectivity index (χ4v) is 5.66. The highest BCUT2D eigenvalue weighted by molar-refractivity contribution is 6.06. The molecular formula is C29H33N7O2.